The van der Waals surface area contributed by atoms with Gasteiger partial charge >= 0.3 is 5.97 Å². The zero-order valence-electron chi connectivity index (χ0n) is 20.0. The smallest absolute Gasteiger partial charge is 0.305 e. The van der Waals surface area contributed by atoms with Gasteiger partial charge in [-0.25, -0.2) is 0 Å². The number of benzene rings is 2. The summed E-state index contributed by atoms with van der Waals surface area (Å²) in [4.78, 5) is 36.3. The molecule has 2 aromatic carbocycles. The average Bonchev–Trinajstić information content (AvgIpc) is 3.26. The molecule has 0 aromatic heterocycles. The second-order valence-electron chi connectivity index (χ2n) is 8.97. The summed E-state index contributed by atoms with van der Waals surface area (Å²) in [5.41, 5.74) is 1.65. The van der Waals surface area contributed by atoms with E-state index in [2.05, 4.69) is 10.6 Å². The Labute approximate surface area is 205 Å². The van der Waals surface area contributed by atoms with Gasteiger partial charge in [-0.3, -0.25) is 25.0 Å². The van der Waals surface area contributed by atoms with Gasteiger partial charge in [0.1, 0.15) is 6.04 Å². The molecular formula is C26H33N3O6. The van der Waals surface area contributed by atoms with E-state index in [0.717, 1.165) is 5.56 Å². The molecule has 1 aliphatic heterocycles. The van der Waals surface area contributed by atoms with E-state index in [4.69, 9.17) is 9.84 Å². The maximum Gasteiger partial charge on any atom is 0.305 e. The molecule has 3 N–H and O–H groups in total. The molecule has 0 spiro atoms. The molecule has 6 atom stereocenters. The number of carboxylic acid groups (broad SMARTS) is 1. The van der Waals surface area contributed by atoms with Crippen LogP contribution in [-0.4, -0.2) is 46.6 Å². The van der Waals surface area contributed by atoms with E-state index in [1.54, 1.807) is 24.3 Å². The summed E-state index contributed by atoms with van der Waals surface area (Å²) in [5, 5.41) is 27.2. The zero-order chi connectivity index (χ0) is 25.4. The number of nitrogens with zero attached hydrogens (tertiary/aromatic N) is 1. The van der Waals surface area contributed by atoms with Crippen molar-refractivity contribution in [2.24, 2.45) is 11.8 Å². The van der Waals surface area contributed by atoms with Crippen LogP contribution in [0, 0.1) is 22.0 Å². The number of nitro groups is 1. The number of ether oxygens (including phenoxy) is 1. The lowest BCUT2D eigenvalue weighted by atomic mass is 9.80. The Bertz CT molecular complexity index is 987. The monoisotopic (exact) mass is 483 g/mol. The van der Waals surface area contributed by atoms with Crippen LogP contribution >= 0.6 is 0 Å². The Morgan fingerprint density at radius 3 is 2.34 bits per heavy atom. The molecule has 2 aromatic rings. The van der Waals surface area contributed by atoms with E-state index in [1.807, 2.05) is 50.2 Å². The van der Waals surface area contributed by atoms with Gasteiger partial charge in [0.25, 0.3) is 0 Å². The SMILES string of the molecule is CC[C@H](C)C(OCc1ccccc1)[C@H]1[C@H]([N+](=O)[O-])[C@H](c2ccccc2)N[C@@H]1C(=O)NCCC(=O)O. The predicted octanol–water partition coefficient (Wildman–Crippen LogP) is 3.18. The minimum Gasteiger partial charge on any atom is -0.481 e. The first-order valence-electron chi connectivity index (χ1n) is 11.9. The van der Waals surface area contributed by atoms with E-state index in [0.29, 0.717) is 12.0 Å². The lowest BCUT2D eigenvalue weighted by Crippen LogP contribution is -2.51. The molecule has 1 unspecified atom stereocenters. The van der Waals surface area contributed by atoms with Crippen LogP contribution in [0.5, 0.6) is 0 Å². The average molecular weight is 484 g/mol. The number of rotatable bonds is 12. The highest BCUT2D eigenvalue weighted by atomic mass is 16.6. The molecule has 9 heteroatoms. The van der Waals surface area contributed by atoms with E-state index in [-0.39, 0.29) is 30.4 Å². The fraction of sp³-hybridized carbons (Fsp3) is 0.462. The van der Waals surface area contributed by atoms with Crippen LogP contribution in [0.3, 0.4) is 0 Å². The van der Waals surface area contributed by atoms with Crippen molar-refractivity contribution < 1.29 is 24.4 Å². The van der Waals surface area contributed by atoms with Crippen LogP contribution in [-0.2, 0) is 20.9 Å². The number of amides is 1. The zero-order valence-corrected chi connectivity index (χ0v) is 20.0. The van der Waals surface area contributed by atoms with Crippen molar-refractivity contribution in [3.05, 3.63) is 81.9 Å². The molecule has 1 heterocycles. The maximum atomic E-state index is 13.2. The van der Waals surface area contributed by atoms with Gasteiger partial charge in [-0.05, 0) is 17.0 Å². The van der Waals surface area contributed by atoms with Crippen molar-refractivity contribution in [2.75, 3.05) is 6.54 Å². The third kappa shape index (κ3) is 6.64. The standard InChI is InChI=1S/C26H33N3O6/c1-3-17(2)25(35-16-18-10-6-4-7-11-18)21-23(26(32)27-15-14-20(30)31)28-22(24(21)29(33)34)19-12-8-5-9-13-19/h4-13,17,21-25,28H,3,14-16H2,1-2H3,(H,27,32)(H,30,31)/t17-,21+,22-,23-,24-,25?/m0/s1. The Morgan fingerprint density at radius 2 is 1.77 bits per heavy atom. The molecule has 0 aliphatic carbocycles. The fourth-order valence-electron chi connectivity index (χ4n) is 4.73. The summed E-state index contributed by atoms with van der Waals surface area (Å²) >= 11 is 0. The predicted molar refractivity (Wildman–Crippen MR) is 130 cm³/mol. The minimum absolute atomic E-state index is 0.0585. The molecule has 9 nitrogen and oxygen atoms in total. The first-order valence-corrected chi connectivity index (χ1v) is 11.9. The fourth-order valence-corrected chi connectivity index (χ4v) is 4.73. The molecule has 1 saturated heterocycles. The van der Waals surface area contributed by atoms with Crippen LogP contribution in [0.1, 0.15) is 43.9 Å². The first-order chi connectivity index (χ1) is 16.8. The van der Waals surface area contributed by atoms with Crippen LogP contribution < -0.4 is 10.6 Å². The van der Waals surface area contributed by atoms with Crippen LogP contribution in [0.25, 0.3) is 0 Å². The molecule has 0 bridgehead atoms. The van der Waals surface area contributed by atoms with Gasteiger partial charge in [0.2, 0.25) is 11.9 Å². The van der Waals surface area contributed by atoms with Crippen LogP contribution in [0.15, 0.2) is 60.7 Å². The van der Waals surface area contributed by atoms with Crippen LogP contribution in [0.4, 0.5) is 0 Å². The van der Waals surface area contributed by atoms with Crippen molar-refractivity contribution in [1.82, 2.24) is 10.6 Å². The van der Waals surface area contributed by atoms with E-state index in [1.165, 1.54) is 0 Å². The summed E-state index contributed by atoms with van der Waals surface area (Å²) in [6, 6.07) is 15.9. The molecule has 1 fully saturated rings. The summed E-state index contributed by atoms with van der Waals surface area (Å²) in [7, 11) is 0. The number of carbonyl (C=O) groups is 2. The number of nitrogens with one attached hydrogen (secondary N) is 2. The number of aliphatic carboxylic acids is 1. The minimum atomic E-state index is -1.11. The normalized spacial score (nSPS) is 23.4. The highest BCUT2D eigenvalue weighted by Crippen LogP contribution is 2.39. The van der Waals surface area contributed by atoms with Crippen molar-refractivity contribution in [2.45, 2.75) is 57.5 Å². The summed E-state index contributed by atoms with van der Waals surface area (Å²) in [5.74, 6) is -2.32. The van der Waals surface area contributed by atoms with Crippen LogP contribution in [0.2, 0.25) is 0 Å². The van der Waals surface area contributed by atoms with Crippen molar-refractivity contribution in [3.63, 3.8) is 0 Å². The molecule has 1 aliphatic rings. The number of hydrogen-bond acceptors (Lipinski definition) is 6. The second kappa shape index (κ2) is 12.4. The summed E-state index contributed by atoms with van der Waals surface area (Å²) < 4.78 is 6.33. The molecule has 188 valence electrons. The topological polar surface area (TPSA) is 131 Å². The van der Waals surface area contributed by atoms with E-state index in [9.17, 15) is 19.7 Å². The Hall–Kier alpha value is -3.30. The van der Waals surface area contributed by atoms with Crippen molar-refractivity contribution >= 4 is 11.9 Å². The van der Waals surface area contributed by atoms with Gasteiger partial charge in [-0.2, -0.15) is 0 Å². The Kier molecular flexibility index (Phi) is 9.33. The molecular weight excluding hydrogens is 450 g/mol. The largest absolute Gasteiger partial charge is 0.481 e. The van der Waals surface area contributed by atoms with Gasteiger partial charge in [0.15, 0.2) is 0 Å². The Morgan fingerprint density at radius 1 is 1.14 bits per heavy atom. The number of carboxylic acids is 1. The van der Waals surface area contributed by atoms with Gasteiger partial charge in [0.05, 0.1) is 31.1 Å². The van der Waals surface area contributed by atoms with Gasteiger partial charge in [-0.1, -0.05) is 80.9 Å². The summed E-state index contributed by atoms with van der Waals surface area (Å²) in [6.45, 7) is 4.17. The third-order valence-corrected chi connectivity index (χ3v) is 6.67. The Balaban J connectivity index is 1.96. The first kappa shape index (κ1) is 26.3. The van der Waals surface area contributed by atoms with E-state index < -0.39 is 42.0 Å². The van der Waals surface area contributed by atoms with Crippen molar-refractivity contribution in [1.29, 1.82) is 0 Å². The highest BCUT2D eigenvalue weighted by Gasteiger charge is 2.57. The third-order valence-electron chi connectivity index (χ3n) is 6.67. The van der Waals surface area contributed by atoms with Gasteiger partial charge in [-0.15, -0.1) is 0 Å². The quantitative estimate of drug-likeness (QED) is 0.312. The highest BCUT2D eigenvalue weighted by molar-refractivity contribution is 5.83. The molecule has 35 heavy (non-hydrogen) atoms. The molecule has 3 rings (SSSR count). The second-order valence-corrected chi connectivity index (χ2v) is 8.97. The summed E-state index contributed by atoms with van der Waals surface area (Å²) in [6.07, 6.45) is -0.0977. The number of hydrogen-bond donors (Lipinski definition) is 3. The molecule has 0 radical (unpaired) electrons. The number of carbonyl (C=O) groups excluding carboxylic acids is 1. The lowest BCUT2D eigenvalue weighted by molar-refractivity contribution is -0.535. The van der Waals surface area contributed by atoms with E-state index >= 15 is 0 Å². The maximum absolute atomic E-state index is 13.2. The van der Waals surface area contributed by atoms with Gasteiger partial charge < -0.3 is 15.2 Å². The lowest BCUT2D eigenvalue weighted by Gasteiger charge is -2.32. The molecule has 1 amide bonds. The molecule has 0 saturated carbocycles. The van der Waals surface area contributed by atoms with Crippen molar-refractivity contribution in [3.8, 4) is 0 Å². The van der Waals surface area contributed by atoms with Gasteiger partial charge in [0, 0.05) is 11.5 Å².